The molecule has 37 heavy (non-hydrogen) atoms. The number of aliphatic hydroxyl groups is 1. The van der Waals surface area contributed by atoms with Crippen molar-refractivity contribution in [3.63, 3.8) is 0 Å². The number of H-pyrrole nitrogens is 1. The minimum absolute atomic E-state index is 0.0340. The van der Waals surface area contributed by atoms with Gasteiger partial charge in [-0.1, -0.05) is 68.3 Å². The molecule has 3 aliphatic rings. The molecular formula is C29H34N6O2. The number of nitrogens with zero attached hydrogens (tertiary/aromatic N) is 5. The zero-order chi connectivity index (χ0) is 25.4. The molecule has 4 heterocycles. The summed E-state index contributed by atoms with van der Waals surface area (Å²) in [5, 5.41) is 24.8. The molecule has 192 valence electrons. The quantitative estimate of drug-likeness (QED) is 0.328. The molecule has 0 radical (unpaired) electrons. The van der Waals surface area contributed by atoms with E-state index in [4.69, 9.17) is 0 Å². The number of aromatic nitrogens is 6. The summed E-state index contributed by atoms with van der Waals surface area (Å²) in [7, 11) is 0. The lowest BCUT2D eigenvalue weighted by Crippen LogP contribution is -2.54. The Hall–Kier alpha value is -3.52. The molecule has 1 saturated carbocycles. The Morgan fingerprint density at radius 3 is 2.49 bits per heavy atom. The van der Waals surface area contributed by atoms with Gasteiger partial charge in [0.2, 0.25) is 0 Å². The summed E-state index contributed by atoms with van der Waals surface area (Å²) in [6.45, 7) is 2.25. The Kier molecular flexibility index (Phi) is 6.28. The van der Waals surface area contributed by atoms with Crippen LogP contribution in [0.15, 0.2) is 53.3 Å². The van der Waals surface area contributed by atoms with Crippen molar-refractivity contribution in [3.05, 3.63) is 75.7 Å². The molecule has 7 rings (SSSR count). The van der Waals surface area contributed by atoms with Crippen LogP contribution in [-0.4, -0.2) is 41.7 Å². The SMILES string of the molecule is CCCCCc1c(Cc2ccc(-c3ccccc3-c3nnn[nH]3)cc2)c(=O)n2n1C1CCC2(CO)CC1. The van der Waals surface area contributed by atoms with Gasteiger partial charge < -0.3 is 5.11 Å². The van der Waals surface area contributed by atoms with Crippen molar-refractivity contribution >= 4 is 0 Å². The molecule has 0 spiro atoms. The van der Waals surface area contributed by atoms with E-state index in [1.807, 2.05) is 22.9 Å². The van der Waals surface area contributed by atoms with Gasteiger partial charge in [-0.15, -0.1) is 5.10 Å². The third-order valence-electron chi connectivity index (χ3n) is 8.46. The largest absolute Gasteiger partial charge is 0.394 e. The summed E-state index contributed by atoms with van der Waals surface area (Å²) in [5.74, 6) is 0.635. The highest BCUT2D eigenvalue weighted by Crippen LogP contribution is 2.46. The third-order valence-corrected chi connectivity index (χ3v) is 8.46. The van der Waals surface area contributed by atoms with E-state index in [1.54, 1.807) is 0 Å². The minimum atomic E-state index is -0.438. The van der Waals surface area contributed by atoms with Gasteiger partial charge in [0.05, 0.1) is 18.2 Å². The second-order valence-corrected chi connectivity index (χ2v) is 10.6. The topological polar surface area (TPSA) is 102 Å². The smallest absolute Gasteiger partial charge is 0.271 e. The van der Waals surface area contributed by atoms with Crippen molar-refractivity contribution in [1.29, 1.82) is 0 Å². The van der Waals surface area contributed by atoms with Gasteiger partial charge in [0.1, 0.15) is 0 Å². The van der Waals surface area contributed by atoms with E-state index in [0.717, 1.165) is 79.2 Å². The van der Waals surface area contributed by atoms with Crippen LogP contribution >= 0.6 is 0 Å². The molecule has 0 amide bonds. The first-order valence-corrected chi connectivity index (χ1v) is 13.5. The van der Waals surface area contributed by atoms with Crippen LogP contribution in [0.4, 0.5) is 0 Å². The third kappa shape index (κ3) is 4.03. The zero-order valence-electron chi connectivity index (χ0n) is 21.4. The number of tetrazole rings is 1. The fraction of sp³-hybridized carbons (Fsp3) is 0.448. The molecule has 8 heteroatoms. The average molecular weight is 499 g/mol. The van der Waals surface area contributed by atoms with Crippen LogP contribution in [0.2, 0.25) is 0 Å². The Bertz CT molecular complexity index is 1430. The van der Waals surface area contributed by atoms with Gasteiger partial charge in [0, 0.05) is 23.2 Å². The fourth-order valence-corrected chi connectivity index (χ4v) is 6.46. The molecule has 2 aliphatic heterocycles. The molecule has 2 bridgehead atoms. The van der Waals surface area contributed by atoms with E-state index >= 15 is 0 Å². The Labute approximate surface area is 216 Å². The van der Waals surface area contributed by atoms with Crippen LogP contribution in [0.25, 0.3) is 22.5 Å². The number of hydrogen-bond acceptors (Lipinski definition) is 5. The van der Waals surface area contributed by atoms with E-state index in [9.17, 15) is 9.90 Å². The van der Waals surface area contributed by atoms with Crippen molar-refractivity contribution in [2.45, 2.75) is 76.3 Å². The first-order chi connectivity index (χ1) is 18.1. The number of aliphatic hydroxyl groups excluding tert-OH is 1. The average Bonchev–Trinajstić information content (AvgIpc) is 3.59. The normalized spacial score (nSPS) is 20.3. The zero-order valence-corrected chi connectivity index (χ0v) is 21.4. The summed E-state index contributed by atoms with van der Waals surface area (Å²) in [4.78, 5) is 13.9. The lowest BCUT2D eigenvalue weighted by molar-refractivity contribution is -0.00378. The number of benzene rings is 2. The minimum Gasteiger partial charge on any atom is -0.394 e. The van der Waals surface area contributed by atoms with Gasteiger partial charge in [-0.3, -0.25) is 9.48 Å². The molecule has 0 unspecified atom stereocenters. The van der Waals surface area contributed by atoms with Gasteiger partial charge in [-0.05, 0) is 65.6 Å². The summed E-state index contributed by atoms with van der Waals surface area (Å²) < 4.78 is 4.25. The van der Waals surface area contributed by atoms with E-state index in [1.165, 1.54) is 5.69 Å². The Morgan fingerprint density at radius 2 is 1.81 bits per heavy atom. The predicted molar refractivity (Wildman–Crippen MR) is 142 cm³/mol. The number of rotatable bonds is 9. The monoisotopic (exact) mass is 498 g/mol. The van der Waals surface area contributed by atoms with E-state index in [2.05, 4.69) is 62.6 Å². The maximum absolute atomic E-state index is 13.9. The molecule has 1 aliphatic carbocycles. The predicted octanol–water partition coefficient (Wildman–Crippen LogP) is 4.64. The van der Waals surface area contributed by atoms with E-state index in [-0.39, 0.29) is 12.2 Å². The van der Waals surface area contributed by atoms with Crippen molar-refractivity contribution in [1.82, 2.24) is 30.0 Å². The second-order valence-electron chi connectivity index (χ2n) is 10.6. The summed E-state index contributed by atoms with van der Waals surface area (Å²) >= 11 is 0. The molecule has 4 aromatic rings. The number of hydrogen-bond donors (Lipinski definition) is 2. The van der Waals surface area contributed by atoms with Crippen molar-refractivity contribution in [2.24, 2.45) is 0 Å². The fourth-order valence-electron chi connectivity index (χ4n) is 6.46. The highest BCUT2D eigenvalue weighted by Gasteiger charge is 2.47. The highest BCUT2D eigenvalue weighted by atomic mass is 16.3. The molecule has 8 nitrogen and oxygen atoms in total. The first kappa shape index (κ1) is 23.9. The summed E-state index contributed by atoms with van der Waals surface area (Å²) in [5.41, 5.74) is 5.94. The molecule has 2 aromatic heterocycles. The maximum atomic E-state index is 13.9. The first-order valence-electron chi connectivity index (χ1n) is 13.5. The van der Waals surface area contributed by atoms with Crippen LogP contribution in [-0.2, 0) is 18.4 Å². The lowest BCUT2D eigenvalue weighted by Gasteiger charge is -2.48. The van der Waals surface area contributed by atoms with Crippen molar-refractivity contribution in [2.75, 3.05) is 6.61 Å². The van der Waals surface area contributed by atoms with Gasteiger partial charge >= 0.3 is 0 Å². The molecule has 1 fully saturated rings. The Morgan fingerprint density at radius 1 is 1.05 bits per heavy atom. The molecule has 2 N–H and O–H groups in total. The molecular weight excluding hydrogens is 464 g/mol. The number of fused-ring (bicyclic) bond motifs is 2. The van der Waals surface area contributed by atoms with Gasteiger partial charge in [0.15, 0.2) is 5.82 Å². The molecule has 2 aromatic carbocycles. The second kappa shape index (κ2) is 9.74. The highest BCUT2D eigenvalue weighted by molar-refractivity contribution is 5.80. The van der Waals surface area contributed by atoms with E-state index < -0.39 is 5.54 Å². The number of nitrogens with one attached hydrogen (secondary N) is 1. The Balaban J connectivity index is 1.36. The number of unbranched alkanes of at least 4 members (excludes halogenated alkanes) is 2. The van der Waals surface area contributed by atoms with Crippen LogP contribution in [0.5, 0.6) is 0 Å². The standard InChI is InChI=1S/C29H34N6O2/c1-2-3-4-9-26-25(28(37)35-29(19-36)16-14-22(15-17-29)34(26)35)18-20-10-12-21(13-11-20)23-7-5-6-8-24(23)27-30-32-33-31-27/h5-8,10-13,22,36H,2-4,9,14-19H2,1H3,(H,30,31,32,33). The van der Waals surface area contributed by atoms with Gasteiger partial charge in [-0.25, -0.2) is 9.78 Å². The van der Waals surface area contributed by atoms with Crippen molar-refractivity contribution in [3.8, 4) is 22.5 Å². The number of aromatic amines is 1. The van der Waals surface area contributed by atoms with E-state index in [0.29, 0.717) is 18.3 Å². The molecule has 0 saturated heterocycles. The molecule has 0 atom stereocenters. The van der Waals surface area contributed by atoms with Crippen LogP contribution < -0.4 is 5.56 Å². The maximum Gasteiger partial charge on any atom is 0.271 e. The lowest BCUT2D eigenvalue weighted by atomic mass is 9.78. The summed E-state index contributed by atoms with van der Waals surface area (Å²) in [6, 6.07) is 16.9. The summed E-state index contributed by atoms with van der Waals surface area (Å²) in [6.07, 6.45) is 8.78. The van der Waals surface area contributed by atoms with Gasteiger partial charge in [0.25, 0.3) is 5.56 Å². The van der Waals surface area contributed by atoms with Crippen molar-refractivity contribution < 1.29 is 5.11 Å². The van der Waals surface area contributed by atoms with Crippen LogP contribution in [0.1, 0.15) is 74.7 Å². The van der Waals surface area contributed by atoms with Crippen LogP contribution in [0.3, 0.4) is 0 Å². The van der Waals surface area contributed by atoms with Crippen LogP contribution in [0, 0.1) is 0 Å². The van der Waals surface area contributed by atoms with Gasteiger partial charge in [-0.2, -0.15) is 0 Å².